The first-order valence-corrected chi connectivity index (χ1v) is 8.67. The molecule has 4 rings (SSSR count). The number of aliphatic hydroxyl groups excluding tert-OH is 1. The van der Waals surface area contributed by atoms with Gasteiger partial charge in [0.05, 0.1) is 53.8 Å². The lowest BCUT2D eigenvalue weighted by atomic mass is 10.1. The standard InChI is InChI=1S/C20H19FN4O2/c1-12-5-18-19(6-13(12)2)24(10-23-18)8-15(26)9-25-11-22-17-7-14(21)3-4-16(17)20(25)27/h3-7,10-11,15,26H,8-9H2,1-2H3/t15-/m1/s1. The summed E-state index contributed by atoms with van der Waals surface area (Å²) in [5, 5.41) is 10.8. The average Bonchev–Trinajstić information content (AvgIpc) is 2.99. The van der Waals surface area contributed by atoms with Crippen LogP contribution in [0, 0.1) is 19.7 Å². The van der Waals surface area contributed by atoms with Gasteiger partial charge in [-0.15, -0.1) is 0 Å². The molecular weight excluding hydrogens is 347 g/mol. The molecule has 4 aromatic rings. The van der Waals surface area contributed by atoms with E-state index in [-0.39, 0.29) is 12.1 Å². The van der Waals surface area contributed by atoms with Crippen molar-refractivity contribution in [2.45, 2.75) is 33.0 Å². The molecule has 2 aromatic carbocycles. The molecule has 27 heavy (non-hydrogen) atoms. The van der Waals surface area contributed by atoms with Crippen LogP contribution in [0.4, 0.5) is 4.39 Å². The lowest BCUT2D eigenvalue weighted by Crippen LogP contribution is -2.29. The molecule has 2 heterocycles. The molecular formula is C20H19FN4O2. The Balaban J connectivity index is 1.60. The van der Waals surface area contributed by atoms with Gasteiger partial charge in [-0.05, 0) is 49.2 Å². The summed E-state index contributed by atoms with van der Waals surface area (Å²) < 4.78 is 16.5. The Morgan fingerprint density at radius 2 is 1.67 bits per heavy atom. The summed E-state index contributed by atoms with van der Waals surface area (Å²) in [6.45, 7) is 4.45. The van der Waals surface area contributed by atoms with Crippen molar-refractivity contribution in [2.75, 3.05) is 0 Å². The molecule has 0 aliphatic heterocycles. The third-order valence-corrected chi connectivity index (χ3v) is 4.84. The zero-order valence-electron chi connectivity index (χ0n) is 15.1. The number of aliphatic hydroxyl groups is 1. The molecule has 2 aromatic heterocycles. The van der Waals surface area contributed by atoms with Gasteiger partial charge in [-0.1, -0.05) is 0 Å². The van der Waals surface area contributed by atoms with Crippen molar-refractivity contribution in [1.82, 2.24) is 19.1 Å². The minimum Gasteiger partial charge on any atom is -0.389 e. The Hall–Kier alpha value is -3.06. The fourth-order valence-corrected chi connectivity index (χ4v) is 3.23. The van der Waals surface area contributed by atoms with Crippen LogP contribution in [-0.2, 0) is 13.1 Å². The van der Waals surface area contributed by atoms with Gasteiger partial charge in [0.1, 0.15) is 5.82 Å². The SMILES string of the molecule is Cc1cc2ncn(C[C@@H](O)Cn3cnc4cc(F)ccc4c3=O)c2cc1C. The smallest absolute Gasteiger partial charge is 0.261 e. The summed E-state index contributed by atoms with van der Waals surface area (Å²) in [4.78, 5) is 21.0. The van der Waals surface area contributed by atoms with Crippen LogP contribution in [0.5, 0.6) is 0 Å². The van der Waals surface area contributed by atoms with Crippen LogP contribution in [0.1, 0.15) is 11.1 Å². The van der Waals surface area contributed by atoms with E-state index in [2.05, 4.69) is 9.97 Å². The van der Waals surface area contributed by atoms with E-state index < -0.39 is 11.9 Å². The van der Waals surface area contributed by atoms with E-state index in [1.165, 1.54) is 34.7 Å². The maximum atomic E-state index is 13.3. The first-order valence-electron chi connectivity index (χ1n) is 8.67. The molecule has 1 N–H and O–H groups in total. The van der Waals surface area contributed by atoms with E-state index in [1.54, 1.807) is 6.33 Å². The third kappa shape index (κ3) is 3.21. The van der Waals surface area contributed by atoms with Crippen molar-refractivity contribution in [1.29, 1.82) is 0 Å². The summed E-state index contributed by atoms with van der Waals surface area (Å²) >= 11 is 0. The molecule has 0 unspecified atom stereocenters. The zero-order valence-corrected chi connectivity index (χ0v) is 15.1. The fourth-order valence-electron chi connectivity index (χ4n) is 3.23. The van der Waals surface area contributed by atoms with Crippen LogP contribution in [0.15, 0.2) is 47.8 Å². The van der Waals surface area contributed by atoms with Gasteiger partial charge >= 0.3 is 0 Å². The molecule has 0 aliphatic carbocycles. The van der Waals surface area contributed by atoms with E-state index in [0.717, 1.165) is 16.6 Å². The lowest BCUT2D eigenvalue weighted by molar-refractivity contribution is 0.134. The normalized spacial score (nSPS) is 12.7. The minimum absolute atomic E-state index is 0.0870. The highest BCUT2D eigenvalue weighted by molar-refractivity contribution is 5.78. The highest BCUT2D eigenvalue weighted by atomic mass is 19.1. The van der Waals surface area contributed by atoms with E-state index in [4.69, 9.17) is 0 Å². The van der Waals surface area contributed by atoms with Crippen molar-refractivity contribution in [3.8, 4) is 0 Å². The molecule has 0 aliphatic rings. The van der Waals surface area contributed by atoms with Crippen LogP contribution in [0.3, 0.4) is 0 Å². The number of nitrogens with zero attached hydrogens (tertiary/aromatic N) is 4. The fraction of sp³-hybridized carbons (Fsp3) is 0.250. The summed E-state index contributed by atoms with van der Waals surface area (Å²) in [5.41, 5.74) is 4.13. The maximum absolute atomic E-state index is 13.3. The molecule has 0 fully saturated rings. The number of halogens is 1. The molecule has 0 bridgehead atoms. The largest absolute Gasteiger partial charge is 0.389 e. The zero-order chi connectivity index (χ0) is 19.1. The number of imidazole rings is 1. The number of aryl methyl sites for hydroxylation is 2. The number of fused-ring (bicyclic) bond motifs is 2. The number of hydrogen-bond acceptors (Lipinski definition) is 4. The Morgan fingerprint density at radius 1 is 1.00 bits per heavy atom. The maximum Gasteiger partial charge on any atom is 0.261 e. The highest BCUT2D eigenvalue weighted by Gasteiger charge is 2.13. The first-order chi connectivity index (χ1) is 12.9. The molecule has 0 radical (unpaired) electrons. The Kier molecular flexibility index (Phi) is 4.24. The molecule has 138 valence electrons. The monoisotopic (exact) mass is 366 g/mol. The highest BCUT2D eigenvalue weighted by Crippen LogP contribution is 2.19. The van der Waals surface area contributed by atoms with Crippen LogP contribution in [-0.4, -0.2) is 30.3 Å². The minimum atomic E-state index is -0.804. The quantitative estimate of drug-likeness (QED) is 0.602. The third-order valence-electron chi connectivity index (χ3n) is 4.84. The molecule has 0 saturated carbocycles. The Bertz CT molecular complexity index is 1210. The number of aromatic nitrogens is 4. The van der Waals surface area contributed by atoms with Crippen LogP contribution < -0.4 is 5.56 Å². The summed E-state index contributed by atoms with van der Waals surface area (Å²) in [5.74, 6) is -0.440. The van der Waals surface area contributed by atoms with Gasteiger partial charge in [-0.3, -0.25) is 9.36 Å². The van der Waals surface area contributed by atoms with Crippen molar-refractivity contribution >= 4 is 21.9 Å². The predicted molar refractivity (Wildman–Crippen MR) is 101 cm³/mol. The first kappa shape index (κ1) is 17.4. The van der Waals surface area contributed by atoms with Crippen molar-refractivity contribution in [3.63, 3.8) is 0 Å². The number of rotatable bonds is 4. The van der Waals surface area contributed by atoms with Crippen LogP contribution >= 0.6 is 0 Å². The predicted octanol–water partition coefficient (Wildman–Crippen LogP) is 2.56. The van der Waals surface area contributed by atoms with Gasteiger partial charge < -0.3 is 9.67 Å². The van der Waals surface area contributed by atoms with Gasteiger partial charge in [-0.25, -0.2) is 14.4 Å². The number of hydrogen-bond donors (Lipinski definition) is 1. The Morgan fingerprint density at radius 3 is 2.48 bits per heavy atom. The van der Waals surface area contributed by atoms with Crippen molar-refractivity contribution in [3.05, 3.63) is 70.3 Å². The summed E-state index contributed by atoms with van der Waals surface area (Å²) in [6, 6.07) is 7.93. The van der Waals surface area contributed by atoms with E-state index in [9.17, 15) is 14.3 Å². The molecule has 0 spiro atoms. The Labute approximate surface area is 154 Å². The average molecular weight is 366 g/mol. The molecule has 1 atom stereocenters. The van der Waals surface area contributed by atoms with Crippen molar-refractivity contribution in [2.24, 2.45) is 0 Å². The second-order valence-electron chi connectivity index (χ2n) is 6.84. The second-order valence-corrected chi connectivity index (χ2v) is 6.84. The molecule has 7 heteroatoms. The summed E-state index contributed by atoms with van der Waals surface area (Å²) in [7, 11) is 0. The lowest BCUT2D eigenvalue weighted by Gasteiger charge is -2.14. The van der Waals surface area contributed by atoms with Gasteiger partial charge in [0, 0.05) is 6.07 Å². The molecule has 6 nitrogen and oxygen atoms in total. The molecule has 0 saturated heterocycles. The van der Waals surface area contributed by atoms with E-state index in [0.29, 0.717) is 17.4 Å². The van der Waals surface area contributed by atoms with Gasteiger partial charge in [-0.2, -0.15) is 0 Å². The topological polar surface area (TPSA) is 72.9 Å². The van der Waals surface area contributed by atoms with Gasteiger partial charge in [0.2, 0.25) is 0 Å². The van der Waals surface area contributed by atoms with E-state index in [1.807, 2.05) is 30.5 Å². The van der Waals surface area contributed by atoms with Crippen molar-refractivity contribution < 1.29 is 9.50 Å². The van der Waals surface area contributed by atoms with E-state index >= 15 is 0 Å². The summed E-state index contributed by atoms with van der Waals surface area (Å²) in [6.07, 6.45) is 2.23. The molecule has 0 amide bonds. The second kappa shape index (κ2) is 6.59. The van der Waals surface area contributed by atoms with Crippen LogP contribution in [0.25, 0.3) is 21.9 Å². The van der Waals surface area contributed by atoms with Gasteiger partial charge in [0.25, 0.3) is 5.56 Å². The number of benzene rings is 2. The van der Waals surface area contributed by atoms with Crippen LogP contribution in [0.2, 0.25) is 0 Å². The van der Waals surface area contributed by atoms with Gasteiger partial charge in [0.15, 0.2) is 0 Å².